The van der Waals surface area contributed by atoms with Crippen LogP contribution < -0.4 is 0 Å². The van der Waals surface area contributed by atoms with Crippen molar-refractivity contribution >= 4 is 0 Å². The second-order valence-corrected chi connectivity index (χ2v) is 6.56. The van der Waals surface area contributed by atoms with Crippen LogP contribution in [-0.4, -0.2) is 14.7 Å². The molecule has 0 saturated heterocycles. The van der Waals surface area contributed by atoms with E-state index in [1.54, 1.807) is 0 Å². The largest absolute Gasteiger partial charge is 0.388 e. The van der Waals surface area contributed by atoms with Crippen LogP contribution in [0.5, 0.6) is 0 Å². The number of aryl methyl sites for hydroxylation is 1. The predicted octanol–water partition coefficient (Wildman–Crippen LogP) is 3.75. The minimum Gasteiger partial charge on any atom is -0.388 e. The topological polar surface area (TPSA) is 38.1 Å². The first-order valence-electron chi connectivity index (χ1n) is 8.21. The van der Waals surface area contributed by atoms with Gasteiger partial charge in [-0.3, -0.25) is 0 Å². The van der Waals surface area contributed by atoms with Gasteiger partial charge in [-0.1, -0.05) is 48.5 Å². The fourth-order valence-corrected chi connectivity index (χ4v) is 4.40. The van der Waals surface area contributed by atoms with Crippen LogP contribution in [0.2, 0.25) is 0 Å². The van der Waals surface area contributed by atoms with Crippen molar-refractivity contribution in [3.63, 3.8) is 0 Å². The van der Waals surface area contributed by atoms with Crippen molar-refractivity contribution in [3.8, 4) is 11.3 Å². The number of fused-ring (bicyclic) bond motifs is 4. The molecular weight excluding hydrogens is 284 g/mol. The van der Waals surface area contributed by atoms with Gasteiger partial charge >= 0.3 is 0 Å². The molecule has 1 aliphatic carbocycles. The summed E-state index contributed by atoms with van der Waals surface area (Å²) in [5.74, 6) is 0.182. The van der Waals surface area contributed by atoms with E-state index in [0.29, 0.717) is 0 Å². The highest BCUT2D eigenvalue weighted by Gasteiger charge is 2.40. The van der Waals surface area contributed by atoms with E-state index < -0.39 is 6.10 Å². The highest BCUT2D eigenvalue weighted by Crippen LogP contribution is 2.49. The number of benzene rings is 2. The van der Waals surface area contributed by atoms with Gasteiger partial charge in [0.2, 0.25) is 0 Å². The van der Waals surface area contributed by atoms with E-state index in [1.165, 1.54) is 16.7 Å². The van der Waals surface area contributed by atoms with Crippen molar-refractivity contribution in [2.75, 3.05) is 0 Å². The van der Waals surface area contributed by atoms with Crippen molar-refractivity contribution < 1.29 is 5.11 Å². The van der Waals surface area contributed by atoms with Crippen LogP contribution in [0.3, 0.4) is 0 Å². The number of rotatable bonds is 1. The Morgan fingerprint density at radius 2 is 1.78 bits per heavy atom. The maximum atomic E-state index is 11.0. The fourth-order valence-electron chi connectivity index (χ4n) is 4.40. The van der Waals surface area contributed by atoms with Crippen molar-refractivity contribution in [2.24, 2.45) is 5.92 Å². The van der Waals surface area contributed by atoms with Crippen LogP contribution >= 0.6 is 0 Å². The molecule has 3 nitrogen and oxygen atoms in total. The summed E-state index contributed by atoms with van der Waals surface area (Å²) in [5, 5.41) is 11.0. The van der Waals surface area contributed by atoms with Gasteiger partial charge in [0, 0.05) is 11.5 Å². The third kappa shape index (κ3) is 1.77. The molecule has 0 unspecified atom stereocenters. The fraction of sp³-hybridized carbons (Fsp3) is 0.250. The molecule has 1 N–H and O–H groups in total. The Bertz CT molecular complexity index is 883. The Morgan fingerprint density at radius 3 is 2.70 bits per heavy atom. The van der Waals surface area contributed by atoms with Crippen molar-refractivity contribution in [3.05, 3.63) is 77.7 Å². The third-order valence-electron chi connectivity index (χ3n) is 5.45. The van der Waals surface area contributed by atoms with Crippen molar-refractivity contribution in [1.29, 1.82) is 0 Å². The average molecular weight is 302 g/mol. The Kier molecular flexibility index (Phi) is 2.73. The maximum absolute atomic E-state index is 11.0. The van der Waals surface area contributed by atoms with Crippen molar-refractivity contribution in [1.82, 2.24) is 9.55 Å². The van der Waals surface area contributed by atoms with Gasteiger partial charge in [-0.15, -0.1) is 0 Å². The SMILES string of the molecule is O[C@H]1c2ccccc2CC[C@H]1[C@H]1c2ccccc2-c2cncn21. The summed E-state index contributed by atoms with van der Waals surface area (Å²) in [5.41, 5.74) is 6.11. The molecule has 0 bridgehead atoms. The normalized spacial score (nSPS) is 24.8. The second-order valence-electron chi connectivity index (χ2n) is 6.56. The molecule has 2 aliphatic rings. The number of nitrogens with zero attached hydrogens (tertiary/aromatic N) is 2. The molecule has 0 fully saturated rings. The number of hydrogen-bond donors (Lipinski definition) is 1. The molecular formula is C20H18N2O. The zero-order valence-corrected chi connectivity index (χ0v) is 12.8. The molecule has 0 spiro atoms. The third-order valence-corrected chi connectivity index (χ3v) is 5.45. The molecule has 3 heteroatoms. The number of aromatic nitrogens is 2. The molecule has 23 heavy (non-hydrogen) atoms. The summed E-state index contributed by atoms with van der Waals surface area (Å²) in [7, 11) is 0. The Balaban J connectivity index is 1.64. The molecule has 1 aliphatic heterocycles. The van der Waals surface area contributed by atoms with E-state index in [4.69, 9.17) is 0 Å². The van der Waals surface area contributed by atoms with E-state index >= 15 is 0 Å². The van der Waals surface area contributed by atoms with Gasteiger partial charge in [0.15, 0.2) is 0 Å². The maximum Gasteiger partial charge on any atom is 0.0956 e. The van der Waals surface area contributed by atoms with Crippen LogP contribution in [0.1, 0.15) is 35.3 Å². The molecule has 2 aromatic carbocycles. The summed E-state index contributed by atoms with van der Waals surface area (Å²) >= 11 is 0. The lowest BCUT2D eigenvalue weighted by atomic mass is 9.76. The molecule has 114 valence electrons. The van der Waals surface area contributed by atoms with E-state index in [9.17, 15) is 5.11 Å². The quantitative estimate of drug-likeness (QED) is 0.743. The van der Waals surface area contributed by atoms with Crippen LogP contribution in [0, 0.1) is 5.92 Å². The standard InChI is InChI=1S/C20H18N2O/c23-20-14-6-2-1-5-13(14)9-10-17(20)19-16-8-4-3-7-15(16)18-11-21-12-22(18)19/h1-8,11-12,17,19-20,23H,9-10H2/t17-,19+,20-/m0/s1. The Hall–Kier alpha value is -2.39. The smallest absolute Gasteiger partial charge is 0.0956 e. The highest BCUT2D eigenvalue weighted by atomic mass is 16.3. The second kappa shape index (κ2) is 4.80. The lowest BCUT2D eigenvalue weighted by Crippen LogP contribution is -2.28. The van der Waals surface area contributed by atoms with E-state index in [-0.39, 0.29) is 12.0 Å². The Labute approximate surface area is 135 Å². The Morgan fingerprint density at radius 1 is 1.00 bits per heavy atom. The molecule has 0 saturated carbocycles. The molecule has 1 aromatic heterocycles. The number of hydrogen-bond acceptors (Lipinski definition) is 2. The lowest BCUT2D eigenvalue weighted by Gasteiger charge is -2.35. The summed E-state index contributed by atoms with van der Waals surface area (Å²) < 4.78 is 2.24. The van der Waals surface area contributed by atoms with E-state index in [1.807, 2.05) is 18.6 Å². The first-order valence-corrected chi connectivity index (χ1v) is 8.21. The van der Waals surface area contributed by atoms with Crippen LogP contribution in [-0.2, 0) is 6.42 Å². The van der Waals surface area contributed by atoms with Gasteiger partial charge in [0.1, 0.15) is 0 Å². The first kappa shape index (κ1) is 13.1. The van der Waals surface area contributed by atoms with Gasteiger partial charge in [-0.05, 0) is 29.5 Å². The monoisotopic (exact) mass is 302 g/mol. The first-order chi connectivity index (χ1) is 11.3. The van der Waals surface area contributed by atoms with Gasteiger partial charge in [0.25, 0.3) is 0 Å². The molecule has 3 aromatic rings. The molecule has 5 rings (SSSR count). The number of aliphatic hydroxyl groups excluding tert-OH is 1. The number of aliphatic hydroxyl groups is 1. The zero-order valence-electron chi connectivity index (χ0n) is 12.8. The predicted molar refractivity (Wildman–Crippen MR) is 89.0 cm³/mol. The van der Waals surface area contributed by atoms with E-state index in [0.717, 1.165) is 24.1 Å². The highest BCUT2D eigenvalue weighted by molar-refractivity contribution is 5.69. The minimum absolute atomic E-state index is 0.173. The summed E-state index contributed by atoms with van der Waals surface area (Å²) in [6.45, 7) is 0. The average Bonchev–Trinajstić information content (AvgIpc) is 3.17. The van der Waals surface area contributed by atoms with Crippen molar-refractivity contribution in [2.45, 2.75) is 25.0 Å². The summed E-state index contributed by atoms with van der Waals surface area (Å²) in [6.07, 6.45) is 5.44. The summed E-state index contributed by atoms with van der Waals surface area (Å²) in [4.78, 5) is 4.34. The molecule has 3 atom stereocenters. The van der Waals surface area contributed by atoms with Crippen LogP contribution in [0.15, 0.2) is 61.1 Å². The van der Waals surface area contributed by atoms with Gasteiger partial charge in [0.05, 0.1) is 30.4 Å². The molecule has 2 heterocycles. The van der Waals surface area contributed by atoms with Crippen LogP contribution in [0.4, 0.5) is 0 Å². The van der Waals surface area contributed by atoms with E-state index in [2.05, 4.69) is 52.0 Å². The molecule has 0 radical (unpaired) electrons. The summed E-state index contributed by atoms with van der Waals surface area (Å²) in [6, 6.07) is 17.0. The molecule has 0 amide bonds. The van der Waals surface area contributed by atoms with Gasteiger partial charge in [-0.25, -0.2) is 4.98 Å². The lowest BCUT2D eigenvalue weighted by molar-refractivity contribution is 0.0720. The minimum atomic E-state index is -0.425. The van der Waals surface area contributed by atoms with Gasteiger partial charge in [-0.2, -0.15) is 0 Å². The number of imidazole rings is 1. The zero-order chi connectivity index (χ0) is 15.4. The van der Waals surface area contributed by atoms with Crippen LogP contribution in [0.25, 0.3) is 11.3 Å². The van der Waals surface area contributed by atoms with Gasteiger partial charge < -0.3 is 9.67 Å².